The average molecular weight is 369 g/mol. The van der Waals surface area contributed by atoms with Gasteiger partial charge in [0.15, 0.2) is 6.61 Å². The fourth-order valence-corrected chi connectivity index (χ4v) is 2.17. The molecule has 2 aromatic rings. The molecular weight excluding hydrogens is 358 g/mol. The van der Waals surface area contributed by atoms with Gasteiger partial charge in [-0.3, -0.25) is 14.9 Å². The molecule has 0 bridgehead atoms. The van der Waals surface area contributed by atoms with E-state index >= 15 is 0 Å². The van der Waals surface area contributed by atoms with Crippen LogP contribution in [0.25, 0.3) is 0 Å². The van der Waals surface area contributed by atoms with Gasteiger partial charge in [0.25, 0.3) is 21.6 Å². The van der Waals surface area contributed by atoms with E-state index in [1.165, 1.54) is 24.3 Å². The number of nitrogens with zero attached hydrogens (tertiary/aromatic N) is 1. The summed E-state index contributed by atoms with van der Waals surface area (Å²) >= 11 is 0. The van der Waals surface area contributed by atoms with Crippen LogP contribution in [0.15, 0.2) is 45.9 Å². The molecule has 1 amide bonds. The van der Waals surface area contributed by atoms with E-state index < -0.39 is 44.3 Å². The summed E-state index contributed by atoms with van der Waals surface area (Å²) in [5.41, 5.74) is -0.394. The lowest BCUT2D eigenvalue weighted by Crippen LogP contribution is -2.21. The van der Waals surface area contributed by atoms with Crippen molar-refractivity contribution in [1.29, 1.82) is 0 Å². The third kappa shape index (κ3) is 4.62. The van der Waals surface area contributed by atoms with Crippen LogP contribution in [0, 0.1) is 10.1 Å². The van der Waals surface area contributed by atoms with E-state index in [2.05, 4.69) is 10.1 Å². The van der Waals surface area contributed by atoms with Crippen LogP contribution in [-0.4, -0.2) is 31.8 Å². The van der Waals surface area contributed by atoms with Crippen molar-refractivity contribution in [2.45, 2.75) is 5.09 Å². The third-order valence-corrected chi connectivity index (χ3v) is 3.55. The monoisotopic (exact) mass is 369 g/mol. The number of esters is 1. The normalized spacial score (nSPS) is 10.9. The van der Waals surface area contributed by atoms with Crippen LogP contribution in [0.3, 0.4) is 0 Å². The first-order chi connectivity index (χ1) is 11.7. The van der Waals surface area contributed by atoms with Crippen molar-refractivity contribution < 1.29 is 32.1 Å². The van der Waals surface area contributed by atoms with Crippen molar-refractivity contribution in [2.75, 3.05) is 11.9 Å². The predicted octanol–water partition coefficient (Wildman–Crippen LogP) is 0.631. The first-order valence-electron chi connectivity index (χ1n) is 6.51. The minimum Gasteiger partial charge on any atom is -0.450 e. The number of hydrogen-bond donors (Lipinski definition) is 2. The number of nitrogens with one attached hydrogen (secondary N) is 1. The smallest absolute Gasteiger partial charge is 0.374 e. The molecule has 0 aliphatic heterocycles. The number of nitrogens with two attached hydrogens (primary N) is 1. The first-order valence-corrected chi connectivity index (χ1v) is 8.06. The van der Waals surface area contributed by atoms with E-state index in [-0.39, 0.29) is 11.4 Å². The second-order valence-electron chi connectivity index (χ2n) is 4.56. The highest BCUT2D eigenvalue weighted by molar-refractivity contribution is 7.89. The first kappa shape index (κ1) is 18.1. The number of amides is 1. The molecule has 12 heteroatoms. The zero-order valence-corrected chi connectivity index (χ0v) is 13.2. The van der Waals surface area contributed by atoms with Crippen LogP contribution in [0.2, 0.25) is 0 Å². The maximum atomic E-state index is 11.7. The molecule has 25 heavy (non-hydrogen) atoms. The highest BCUT2D eigenvalue weighted by Gasteiger charge is 2.20. The Labute approximate surface area is 140 Å². The third-order valence-electron chi connectivity index (χ3n) is 2.77. The Balaban J connectivity index is 1.97. The fourth-order valence-electron chi connectivity index (χ4n) is 1.71. The number of furan rings is 1. The van der Waals surface area contributed by atoms with Crippen molar-refractivity contribution in [3.63, 3.8) is 0 Å². The molecule has 11 nitrogen and oxygen atoms in total. The standard InChI is InChI=1S/C13H11N3O8S/c14-25(21,22)12-6-5-10(24-12)13(18)23-7-11(17)15-8-3-1-2-4-9(8)16(19)20/h1-6H,7H2,(H,15,17)(H2,14,21,22). The van der Waals surface area contributed by atoms with Gasteiger partial charge in [-0.2, -0.15) is 0 Å². The molecule has 0 spiro atoms. The predicted molar refractivity (Wildman–Crippen MR) is 82.1 cm³/mol. The molecule has 0 atom stereocenters. The number of nitro groups is 1. The SMILES string of the molecule is NS(=O)(=O)c1ccc(C(=O)OCC(=O)Nc2ccccc2[N+](=O)[O-])o1. The maximum absolute atomic E-state index is 11.7. The summed E-state index contributed by atoms with van der Waals surface area (Å²) in [6.07, 6.45) is 0. The lowest BCUT2D eigenvalue weighted by atomic mass is 10.2. The summed E-state index contributed by atoms with van der Waals surface area (Å²) in [5.74, 6) is -2.41. The molecular formula is C13H11N3O8S. The van der Waals surface area contributed by atoms with Crippen molar-refractivity contribution in [2.24, 2.45) is 5.14 Å². The molecule has 132 valence electrons. The highest BCUT2D eigenvalue weighted by atomic mass is 32.2. The van der Waals surface area contributed by atoms with Crippen molar-refractivity contribution in [3.8, 4) is 0 Å². The van der Waals surface area contributed by atoms with Crippen LogP contribution >= 0.6 is 0 Å². The molecule has 3 N–H and O–H groups in total. The van der Waals surface area contributed by atoms with Gasteiger partial charge in [0.1, 0.15) is 5.69 Å². The molecule has 0 aliphatic rings. The maximum Gasteiger partial charge on any atom is 0.374 e. The number of carbonyl (C=O) groups is 2. The zero-order chi connectivity index (χ0) is 18.6. The van der Waals surface area contributed by atoms with Crippen LogP contribution in [0.4, 0.5) is 11.4 Å². The number of anilines is 1. The van der Waals surface area contributed by atoms with Crippen molar-refractivity contribution >= 4 is 33.3 Å². The minimum atomic E-state index is -4.12. The Morgan fingerprint density at radius 2 is 1.92 bits per heavy atom. The Morgan fingerprint density at radius 1 is 1.24 bits per heavy atom. The number of primary sulfonamides is 1. The van der Waals surface area contributed by atoms with E-state index in [1.54, 1.807) is 0 Å². The minimum absolute atomic E-state index is 0.0666. The summed E-state index contributed by atoms with van der Waals surface area (Å²) in [5, 5.41) is 17.2. The van der Waals surface area contributed by atoms with E-state index in [1.807, 2.05) is 0 Å². The van der Waals surface area contributed by atoms with E-state index in [9.17, 15) is 28.1 Å². The van der Waals surface area contributed by atoms with Gasteiger partial charge in [-0.15, -0.1) is 0 Å². The summed E-state index contributed by atoms with van der Waals surface area (Å²) in [6, 6.07) is 7.38. The van der Waals surface area contributed by atoms with Crippen molar-refractivity contribution in [1.82, 2.24) is 0 Å². The summed E-state index contributed by atoms with van der Waals surface area (Å²) in [4.78, 5) is 33.6. The number of sulfonamides is 1. The van der Waals surface area contributed by atoms with Crippen molar-refractivity contribution in [3.05, 3.63) is 52.3 Å². The fraction of sp³-hybridized carbons (Fsp3) is 0.0769. The number of para-hydroxylation sites is 2. The summed E-state index contributed by atoms with van der Waals surface area (Å²) in [7, 11) is -4.12. The number of nitro benzene ring substituents is 1. The topological polar surface area (TPSA) is 172 Å². The number of benzene rings is 1. The molecule has 0 radical (unpaired) electrons. The average Bonchev–Trinajstić information content (AvgIpc) is 3.03. The van der Waals surface area contributed by atoms with Crippen LogP contribution in [-0.2, 0) is 19.6 Å². The molecule has 0 saturated carbocycles. The van der Waals surface area contributed by atoms with Gasteiger partial charge in [0, 0.05) is 6.07 Å². The number of hydrogen-bond acceptors (Lipinski definition) is 8. The van der Waals surface area contributed by atoms with Gasteiger partial charge < -0.3 is 14.5 Å². The second-order valence-corrected chi connectivity index (χ2v) is 6.05. The molecule has 0 fully saturated rings. The van der Waals surface area contributed by atoms with Crippen LogP contribution < -0.4 is 10.5 Å². The Morgan fingerprint density at radius 3 is 2.52 bits per heavy atom. The summed E-state index contributed by atoms with van der Waals surface area (Å²) in [6.45, 7) is -0.768. The van der Waals surface area contributed by atoms with Gasteiger partial charge in [0.2, 0.25) is 10.9 Å². The lowest BCUT2D eigenvalue weighted by molar-refractivity contribution is -0.383. The molecule has 1 aromatic heterocycles. The van der Waals surface area contributed by atoms with Gasteiger partial charge in [-0.25, -0.2) is 18.4 Å². The Hall–Kier alpha value is -3.25. The van der Waals surface area contributed by atoms with Gasteiger partial charge in [-0.05, 0) is 18.2 Å². The largest absolute Gasteiger partial charge is 0.450 e. The molecule has 0 saturated heterocycles. The lowest BCUT2D eigenvalue weighted by Gasteiger charge is -2.06. The number of carbonyl (C=O) groups excluding carboxylic acids is 2. The highest BCUT2D eigenvalue weighted by Crippen LogP contribution is 2.23. The number of ether oxygens (including phenoxy) is 1. The van der Waals surface area contributed by atoms with Gasteiger partial charge in [-0.1, -0.05) is 12.1 Å². The molecule has 0 unspecified atom stereocenters. The molecule has 0 aliphatic carbocycles. The number of rotatable bonds is 6. The molecule has 1 heterocycles. The van der Waals surface area contributed by atoms with E-state index in [4.69, 9.17) is 9.56 Å². The van der Waals surface area contributed by atoms with Gasteiger partial charge >= 0.3 is 5.97 Å². The Bertz CT molecular complexity index is 934. The van der Waals surface area contributed by atoms with Gasteiger partial charge in [0.05, 0.1) is 4.92 Å². The zero-order valence-electron chi connectivity index (χ0n) is 12.4. The molecule has 2 rings (SSSR count). The Kier molecular flexibility index (Phi) is 5.14. The summed E-state index contributed by atoms with van der Waals surface area (Å²) < 4.78 is 31.4. The second kappa shape index (κ2) is 7.11. The van der Waals surface area contributed by atoms with Crippen LogP contribution in [0.5, 0.6) is 0 Å². The van der Waals surface area contributed by atoms with E-state index in [0.717, 1.165) is 12.1 Å². The molecule has 1 aromatic carbocycles. The quantitative estimate of drug-likeness (QED) is 0.424. The van der Waals surface area contributed by atoms with E-state index in [0.29, 0.717) is 0 Å². The van der Waals surface area contributed by atoms with Crippen LogP contribution in [0.1, 0.15) is 10.6 Å².